The molecule has 9 heteroatoms. The van der Waals surface area contributed by atoms with Crippen molar-refractivity contribution < 1.29 is 33.4 Å². The normalized spacial score (nSPS) is 10.1. The van der Waals surface area contributed by atoms with E-state index in [1.807, 2.05) is 0 Å². The van der Waals surface area contributed by atoms with E-state index in [-0.39, 0.29) is 24.0 Å². The number of ether oxygens (including phenoxy) is 3. The van der Waals surface area contributed by atoms with Crippen LogP contribution in [0.1, 0.15) is 34.6 Å². The molecule has 0 spiro atoms. The molecule has 0 bridgehead atoms. The van der Waals surface area contributed by atoms with Gasteiger partial charge in [-0.3, -0.25) is 14.4 Å². The highest BCUT2D eigenvalue weighted by Gasteiger charge is 2.11. The number of hydrogen-bond donors (Lipinski definition) is 2. The third-order valence-electron chi connectivity index (χ3n) is 4.32. The second-order valence-corrected chi connectivity index (χ2v) is 6.92. The molecule has 0 aliphatic rings. The molecule has 0 unspecified atom stereocenters. The van der Waals surface area contributed by atoms with Crippen LogP contribution in [0.5, 0.6) is 11.5 Å². The summed E-state index contributed by atoms with van der Waals surface area (Å²) in [4.78, 5) is 47.6. The number of nitrogens with one attached hydrogen (secondary N) is 2. The van der Waals surface area contributed by atoms with Crippen molar-refractivity contribution in [2.45, 2.75) is 13.8 Å². The van der Waals surface area contributed by atoms with Gasteiger partial charge in [0.05, 0.1) is 6.61 Å². The molecule has 34 heavy (non-hydrogen) atoms. The van der Waals surface area contributed by atoms with Crippen LogP contribution >= 0.6 is 0 Å². The molecule has 0 aromatic heterocycles. The van der Waals surface area contributed by atoms with Gasteiger partial charge in [0.25, 0.3) is 11.8 Å². The van der Waals surface area contributed by atoms with Crippen molar-refractivity contribution in [3.05, 3.63) is 83.9 Å². The largest absolute Gasteiger partial charge is 0.513 e. The number of amides is 2. The third-order valence-corrected chi connectivity index (χ3v) is 4.32. The Hall–Kier alpha value is -4.66. The summed E-state index contributed by atoms with van der Waals surface area (Å²) in [5.41, 5.74) is 1.56. The fourth-order valence-corrected chi connectivity index (χ4v) is 2.87. The van der Waals surface area contributed by atoms with E-state index < -0.39 is 18.0 Å². The van der Waals surface area contributed by atoms with E-state index in [9.17, 15) is 19.2 Å². The molecule has 3 aromatic carbocycles. The second kappa shape index (κ2) is 11.3. The molecule has 0 saturated carbocycles. The lowest BCUT2D eigenvalue weighted by atomic mass is 10.2. The van der Waals surface area contributed by atoms with Gasteiger partial charge in [-0.2, -0.15) is 0 Å². The van der Waals surface area contributed by atoms with Crippen LogP contribution < -0.4 is 20.1 Å². The lowest BCUT2D eigenvalue weighted by molar-refractivity contribution is -0.131. The summed E-state index contributed by atoms with van der Waals surface area (Å²) in [6, 6.07) is 18.8. The van der Waals surface area contributed by atoms with E-state index in [4.69, 9.17) is 14.2 Å². The summed E-state index contributed by atoms with van der Waals surface area (Å²) in [6.45, 7) is 3.13. The van der Waals surface area contributed by atoms with Gasteiger partial charge in [-0.15, -0.1) is 0 Å². The van der Waals surface area contributed by atoms with E-state index in [0.29, 0.717) is 22.5 Å². The van der Waals surface area contributed by atoms with Crippen molar-refractivity contribution in [2.75, 3.05) is 17.2 Å². The molecule has 174 valence electrons. The maximum absolute atomic E-state index is 12.6. The van der Waals surface area contributed by atoms with Gasteiger partial charge >= 0.3 is 12.1 Å². The van der Waals surface area contributed by atoms with E-state index in [1.165, 1.54) is 37.3 Å². The van der Waals surface area contributed by atoms with Crippen LogP contribution in [-0.4, -0.2) is 30.5 Å². The molecule has 0 fully saturated rings. The maximum atomic E-state index is 12.6. The smallest absolute Gasteiger partial charge is 0.434 e. The summed E-state index contributed by atoms with van der Waals surface area (Å²) in [5, 5.41) is 5.48. The summed E-state index contributed by atoms with van der Waals surface area (Å²) in [7, 11) is 0. The first kappa shape index (κ1) is 24.0. The minimum absolute atomic E-state index is 0.194. The molecule has 0 aliphatic carbocycles. The molecular weight excluding hydrogens is 440 g/mol. The molecule has 0 radical (unpaired) electrons. The molecule has 9 nitrogen and oxygen atoms in total. The van der Waals surface area contributed by atoms with Gasteiger partial charge in [0.1, 0.15) is 11.5 Å². The van der Waals surface area contributed by atoms with Gasteiger partial charge in [0.15, 0.2) is 0 Å². The van der Waals surface area contributed by atoms with Crippen LogP contribution in [0.4, 0.5) is 16.2 Å². The Labute approximate surface area is 195 Å². The Morgan fingerprint density at radius 2 is 1.32 bits per heavy atom. The predicted molar refractivity (Wildman–Crippen MR) is 124 cm³/mol. The molecule has 3 aromatic rings. The van der Waals surface area contributed by atoms with Crippen LogP contribution in [0.15, 0.2) is 72.8 Å². The molecule has 2 amide bonds. The van der Waals surface area contributed by atoms with Gasteiger partial charge in [0, 0.05) is 29.4 Å². The van der Waals surface area contributed by atoms with Crippen molar-refractivity contribution in [1.82, 2.24) is 0 Å². The standard InChI is InChI=1S/C25H22N2O7/c1-3-32-25(31)34-21-12-10-17(11-13-21)23(29)26-19-7-5-8-20(15-19)27-24(30)18-6-4-9-22(14-18)33-16(2)28/h4-15H,3H2,1-2H3,(H,26,29)(H,27,30). The number of carbonyl (C=O) groups excluding carboxylic acids is 4. The van der Waals surface area contributed by atoms with Gasteiger partial charge < -0.3 is 24.8 Å². The molecule has 0 aliphatic heterocycles. The third kappa shape index (κ3) is 6.92. The number of carbonyl (C=O) groups is 4. The molecular formula is C25H22N2O7. The Morgan fingerprint density at radius 3 is 1.94 bits per heavy atom. The lowest BCUT2D eigenvalue weighted by Gasteiger charge is -2.10. The highest BCUT2D eigenvalue weighted by Crippen LogP contribution is 2.20. The van der Waals surface area contributed by atoms with Crippen molar-refractivity contribution in [3.63, 3.8) is 0 Å². The van der Waals surface area contributed by atoms with Crippen LogP contribution in [0.2, 0.25) is 0 Å². The first-order chi connectivity index (χ1) is 16.3. The van der Waals surface area contributed by atoms with Gasteiger partial charge in [-0.05, 0) is 67.6 Å². The Balaban J connectivity index is 1.63. The minimum Gasteiger partial charge on any atom is -0.434 e. The number of benzene rings is 3. The predicted octanol–water partition coefficient (Wildman–Crippen LogP) is 4.65. The Bertz CT molecular complexity index is 1210. The molecule has 0 atom stereocenters. The maximum Gasteiger partial charge on any atom is 0.513 e. The fraction of sp³-hybridized carbons (Fsp3) is 0.120. The zero-order valence-electron chi connectivity index (χ0n) is 18.5. The van der Waals surface area contributed by atoms with E-state index in [1.54, 1.807) is 49.4 Å². The number of rotatable bonds is 7. The Kier molecular flexibility index (Phi) is 7.96. The highest BCUT2D eigenvalue weighted by molar-refractivity contribution is 6.06. The summed E-state index contributed by atoms with van der Waals surface area (Å²) in [5.74, 6) is -0.769. The summed E-state index contributed by atoms with van der Waals surface area (Å²) < 4.78 is 14.7. The molecule has 2 N–H and O–H groups in total. The van der Waals surface area contributed by atoms with Crippen molar-refractivity contribution in [1.29, 1.82) is 0 Å². The van der Waals surface area contributed by atoms with E-state index in [0.717, 1.165) is 0 Å². The van der Waals surface area contributed by atoms with Crippen molar-refractivity contribution in [3.8, 4) is 11.5 Å². The second-order valence-electron chi connectivity index (χ2n) is 6.92. The van der Waals surface area contributed by atoms with Gasteiger partial charge in [-0.1, -0.05) is 12.1 Å². The molecule has 0 heterocycles. The van der Waals surface area contributed by atoms with Gasteiger partial charge in [-0.25, -0.2) is 4.79 Å². The monoisotopic (exact) mass is 462 g/mol. The average Bonchev–Trinajstić information content (AvgIpc) is 2.79. The van der Waals surface area contributed by atoms with Crippen LogP contribution in [-0.2, 0) is 9.53 Å². The number of anilines is 2. The quantitative estimate of drug-likeness (QED) is 0.298. The minimum atomic E-state index is -0.823. The summed E-state index contributed by atoms with van der Waals surface area (Å²) >= 11 is 0. The highest BCUT2D eigenvalue weighted by atomic mass is 16.7. The number of esters is 1. The average molecular weight is 462 g/mol. The van der Waals surface area contributed by atoms with Gasteiger partial charge in [0.2, 0.25) is 0 Å². The zero-order chi connectivity index (χ0) is 24.5. The van der Waals surface area contributed by atoms with Crippen LogP contribution in [0, 0.1) is 0 Å². The fourth-order valence-electron chi connectivity index (χ4n) is 2.87. The zero-order valence-corrected chi connectivity index (χ0v) is 18.5. The van der Waals surface area contributed by atoms with Crippen LogP contribution in [0.3, 0.4) is 0 Å². The lowest BCUT2D eigenvalue weighted by Crippen LogP contribution is -2.14. The van der Waals surface area contributed by atoms with Crippen molar-refractivity contribution in [2.24, 2.45) is 0 Å². The van der Waals surface area contributed by atoms with E-state index >= 15 is 0 Å². The summed E-state index contributed by atoms with van der Waals surface area (Å²) in [6.07, 6.45) is -0.823. The van der Waals surface area contributed by atoms with E-state index in [2.05, 4.69) is 10.6 Å². The topological polar surface area (TPSA) is 120 Å². The van der Waals surface area contributed by atoms with Crippen molar-refractivity contribution >= 4 is 35.3 Å². The van der Waals surface area contributed by atoms with Crippen LogP contribution in [0.25, 0.3) is 0 Å². The SMILES string of the molecule is CCOC(=O)Oc1ccc(C(=O)Nc2cccc(NC(=O)c3cccc(OC(C)=O)c3)c2)cc1. The first-order valence-electron chi connectivity index (χ1n) is 10.3. The Morgan fingerprint density at radius 1 is 0.706 bits per heavy atom. The molecule has 0 saturated heterocycles. The number of hydrogen-bond acceptors (Lipinski definition) is 7. The molecule has 3 rings (SSSR count). The first-order valence-corrected chi connectivity index (χ1v) is 10.3.